The Morgan fingerprint density at radius 3 is 2.15 bits per heavy atom. The lowest BCUT2D eigenvalue weighted by atomic mass is 9.84. The van der Waals surface area contributed by atoms with Gasteiger partial charge in [0, 0.05) is 43.1 Å². The van der Waals surface area contributed by atoms with Crippen LogP contribution in [-0.4, -0.2) is 105 Å². The van der Waals surface area contributed by atoms with Crippen molar-refractivity contribution in [2.45, 2.75) is 98.5 Å². The molecule has 0 spiro atoms. The Morgan fingerprint density at radius 2 is 1.53 bits per heavy atom. The number of amides is 6. The minimum absolute atomic E-state index is 0.0240. The number of hydrogen-bond donors (Lipinski definition) is 3. The zero-order valence-electron chi connectivity index (χ0n) is 36.2. The smallest absolute Gasteiger partial charge is 0.417 e. The van der Waals surface area contributed by atoms with E-state index in [-0.39, 0.29) is 31.3 Å². The number of carbonyl (C=O) groups is 4. The first-order valence-corrected chi connectivity index (χ1v) is 20.6. The molecule has 0 radical (unpaired) electrons. The number of aliphatic hydroxyl groups is 1. The van der Waals surface area contributed by atoms with Gasteiger partial charge in [0.25, 0.3) is 0 Å². The maximum atomic E-state index is 14.6. The van der Waals surface area contributed by atoms with Crippen LogP contribution in [0.1, 0.15) is 70.5 Å². The fourth-order valence-corrected chi connectivity index (χ4v) is 7.62. The van der Waals surface area contributed by atoms with Gasteiger partial charge in [-0.25, -0.2) is 19.3 Å². The van der Waals surface area contributed by atoms with E-state index in [1.54, 1.807) is 16.0 Å². The van der Waals surface area contributed by atoms with Crippen molar-refractivity contribution in [1.29, 1.82) is 0 Å². The Balaban J connectivity index is 1.42. The van der Waals surface area contributed by atoms with Crippen molar-refractivity contribution in [2.75, 3.05) is 26.7 Å². The summed E-state index contributed by atoms with van der Waals surface area (Å²) in [6, 6.07) is 25.5. The maximum Gasteiger partial charge on any atom is 0.417 e. The molecule has 1 fully saturated rings. The van der Waals surface area contributed by atoms with Crippen LogP contribution in [0.25, 0.3) is 11.3 Å². The molecule has 0 saturated carbocycles. The number of nitrogens with one attached hydrogen (secondary N) is 2. The Kier molecular flexibility index (Phi) is 15.1. The number of hydrogen-bond acceptors (Lipinski definition) is 8. The van der Waals surface area contributed by atoms with E-state index in [2.05, 4.69) is 20.6 Å². The normalized spacial score (nSPS) is 15.2. The second-order valence-electron chi connectivity index (χ2n) is 17.9. The van der Waals surface area contributed by atoms with Gasteiger partial charge in [0.05, 0.1) is 37.2 Å². The van der Waals surface area contributed by atoms with Crippen LogP contribution >= 0.6 is 0 Å². The molecule has 3 N–H and O–H groups in total. The lowest BCUT2D eigenvalue weighted by molar-refractivity contribution is -0.130. The minimum atomic E-state index is -1.17. The molecule has 6 amide bonds. The highest BCUT2D eigenvalue weighted by atomic mass is 16.5. The van der Waals surface area contributed by atoms with Crippen molar-refractivity contribution in [3.63, 3.8) is 0 Å². The molecule has 4 atom stereocenters. The van der Waals surface area contributed by atoms with E-state index in [0.29, 0.717) is 26.1 Å². The number of rotatable bonds is 15. The molecule has 13 heteroatoms. The topological polar surface area (TPSA) is 157 Å². The van der Waals surface area contributed by atoms with Gasteiger partial charge < -0.3 is 30.3 Å². The Labute approximate surface area is 354 Å². The van der Waals surface area contributed by atoms with Crippen LogP contribution in [0.3, 0.4) is 0 Å². The summed E-state index contributed by atoms with van der Waals surface area (Å²) in [6.07, 6.45) is 0.379. The van der Waals surface area contributed by atoms with E-state index in [1.807, 2.05) is 139 Å². The van der Waals surface area contributed by atoms with Crippen molar-refractivity contribution >= 4 is 24.1 Å². The van der Waals surface area contributed by atoms with Gasteiger partial charge >= 0.3 is 18.2 Å². The van der Waals surface area contributed by atoms with Crippen LogP contribution in [0.2, 0.25) is 0 Å². The van der Waals surface area contributed by atoms with Crippen LogP contribution in [0.4, 0.5) is 14.4 Å². The highest BCUT2D eigenvalue weighted by molar-refractivity contribution is 5.91. The summed E-state index contributed by atoms with van der Waals surface area (Å²) in [5, 5.41) is 18.4. The molecule has 60 heavy (non-hydrogen) atoms. The number of aromatic nitrogens is 2. The third kappa shape index (κ3) is 12.6. The summed E-state index contributed by atoms with van der Waals surface area (Å²) in [4.78, 5) is 68.7. The number of urea groups is 2. The van der Waals surface area contributed by atoms with Gasteiger partial charge in [-0.1, -0.05) is 108 Å². The maximum absolute atomic E-state index is 14.6. The first kappa shape index (κ1) is 45.3. The SMILES string of the molecule is COC(=O)N(CC(C)(C)C)C(=O)NC(Cc1ccc(-c2ccccn2)cc1)CC(O)C(Cc1ccccc1)NC(=O)[C@@H](N1CCN(Cc2cccc(C)n2)C1=O)C(C)(C)C. The Morgan fingerprint density at radius 1 is 0.850 bits per heavy atom. The predicted octanol–water partition coefficient (Wildman–Crippen LogP) is 7.02. The molecular formula is C47H61N7O6. The number of aliphatic hydroxyl groups excluding tert-OH is 1. The highest BCUT2D eigenvalue weighted by Gasteiger charge is 2.44. The Bertz CT molecular complexity index is 2050. The van der Waals surface area contributed by atoms with Gasteiger partial charge in [0.2, 0.25) is 5.91 Å². The molecule has 0 bridgehead atoms. The Hall–Kier alpha value is -5.82. The van der Waals surface area contributed by atoms with E-state index in [1.165, 1.54) is 7.11 Å². The molecule has 0 aliphatic carbocycles. The fourth-order valence-electron chi connectivity index (χ4n) is 7.62. The number of aryl methyl sites for hydroxylation is 1. The van der Waals surface area contributed by atoms with Gasteiger partial charge in [0.1, 0.15) is 6.04 Å². The van der Waals surface area contributed by atoms with E-state index >= 15 is 0 Å². The molecule has 2 aromatic heterocycles. The molecule has 1 saturated heterocycles. The van der Waals surface area contributed by atoms with Crippen LogP contribution in [0.5, 0.6) is 0 Å². The molecule has 1 aliphatic heterocycles. The first-order valence-electron chi connectivity index (χ1n) is 20.6. The molecule has 4 aromatic rings. The van der Waals surface area contributed by atoms with Gasteiger partial charge in [-0.05, 0) is 72.4 Å². The highest BCUT2D eigenvalue weighted by Crippen LogP contribution is 2.29. The second kappa shape index (κ2) is 20.0. The zero-order chi connectivity index (χ0) is 43.6. The largest absolute Gasteiger partial charge is 0.452 e. The van der Waals surface area contributed by atoms with E-state index in [0.717, 1.165) is 38.7 Å². The average molecular weight is 820 g/mol. The molecule has 5 rings (SSSR count). The number of imide groups is 1. The third-order valence-electron chi connectivity index (χ3n) is 10.4. The minimum Gasteiger partial charge on any atom is -0.452 e. The number of ether oxygens (including phenoxy) is 1. The summed E-state index contributed by atoms with van der Waals surface area (Å²) in [6.45, 7) is 14.6. The summed E-state index contributed by atoms with van der Waals surface area (Å²) < 4.78 is 4.99. The van der Waals surface area contributed by atoms with Crippen LogP contribution in [0.15, 0.2) is 97.2 Å². The van der Waals surface area contributed by atoms with Gasteiger partial charge in [-0.3, -0.25) is 14.8 Å². The number of nitrogens with zero attached hydrogens (tertiary/aromatic N) is 5. The molecule has 320 valence electrons. The molecule has 3 unspecified atom stereocenters. The van der Waals surface area contributed by atoms with Crippen LogP contribution < -0.4 is 10.6 Å². The van der Waals surface area contributed by atoms with Gasteiger partial charge in [-0.15, -0.1) is 0 Å². The number of methoxy groups -OCH3 is 1. The van der Waals surface area contributed by atoms with Crippen LogP contribution in [-0.2, 0) is 28.9 Å². The molecule has 13 nitrogen and oxygen atoms in total. The monoisotopic (exact) mass is 819 g/mol. The standard InChI is InChI=1S/C47H61N7O6/c1-32-15-14-18-36(49-32)30-52-25-26-53(44(52)58)41(47(5,6)7)42(56)51-39(28-33-16-10-9-11-17-33)40(55)29-37(50-43(57)54(45(59)60-8)31-46(2,3)4)27-34-20-22-35(23-21-34)38-19-12-13-24-48-38/h9-24,37,39-41,55H,25-31H2,1-8H3,(H,50,57)(H,51,56)/t37?,39?,40?,41-/m1/s1. The van der Waals surface area contributed by atoms with E-state index < -0.39 is 47.2 Å². The van der Waals surface area contributed by atoms with Crippen molar-refractivity contribution in [3.05, 3.63) is 120 Å². The van der Waals surface area contributed by atoms with Gasteiger partial charge in [0.15, 0.2) is 0 Å². The number of pyridine rings is 2. The molecule has 1 aliphatic rings. The third-order valence-corrected chi connectivity index (χ3v) is 10.4. The van der Waals surface area contributed by atoms with Crippen molar-refractivity contribution in [1.82, 2.24) is 35.3 Å². The van der Waals surface area contributed by atoms with Gasteiger partial charge in [-0.2, -0.15) is 0 Å². The van der Waals surface area contributed by atoms with E-state index in [4.69, 9.17) is 4.74 Å². The van der Waals surface area contributed by atoms with Crippen LogP contribution in [0, 0.1) is 17.8 Å². The molecular weight excluding hydrogens is 759 g/mol. The number of carbonyl (C=O) groups excluding carboxylic acids is 4. The fraction of sp³-hybridized carbons (Fsp3) is 0.447. The summed E-state index contributed by atoms with van der Waals surface area (Å²) >= 11 is 0. The van der Waals surface area contributed by atoms with E-state index in [9.17, 15) is 24.3 Å². The summed E-state index contributed by atoms with van der Waals surface area (Å²) in [7, 11) is 1.23. The molecule has 3 heterocycles. The molecule has 2 aromatic carbocycles. The lowest BCUT2D eigenvalue weighted by Crippen LogP contribution is -2.59. The average Bonchev–Trinajstić information content (AvgIpc) is 3.54. The second-order valence-corrected chi connectivity index (χ2v) is 17.9. The lowest BCUT2D eigenvalue weighted by Gasteiger charge is -2.38. The van der Waals surface area contributed by atoms with Crippen molar-refractivity contribution < 1.29 is 29.0 Å². The van der Waals surface area contributed by atoms with Crippen molar-refractivity contribution in [3.8, 4) is 11.3 Å². The zero-order valence-corrected chi connectivity index (χ0v) is 36.2. The number of benzene rings is 2. The predicted molar refractivity (Wildman–Crippen MR) is 232 cm³/mol. The van der Waals surface area contributed by atoms with Crippen molar-refractivity contribution in [2.24, 2.45) is 10.8 Å². The quantitative estimate of drug-likeness (QED) is 0.116. The summed E-state index contributed by atoms with van der Waals surface area (Å²) in [5.41, 5.74) is 4.04. The first-order chi connectivity index (χ1) is 28.4. The summed E-state index contributed by atoms with van der Waals surface area (Å²) in [5.74, 6) is -0.390.